The van der Waals surface area contributed by atoms with E-state index in [1.54, 1.807) is 0 Å². The maximum atomic E-state index is 8.81. The van der Waals surface area contributed by atoms with Crippen molar-refractivity contribution in [1.82, 2.24) is 10.2 Å². The number of piperazine rings is 1. The maximum Gasteiger partial charge on any atom is 0.0446 e. The molecule has 12 heavy (non-hydrogen) atoms. The summed E-state index contributed by atoms with van der Waals surface area (Å²) < 4.78 is 0. The molecule has 1 unspecified atom stereocenters. The Morgan fingerprint density at radius 2 is 2.25 bits per heavy atom. The van der Waals surface area contributed by atoms with Gasteiger partial charge >= 0.3 is 0 Å². The van der Waals surface area contributed by atoms with E-state index < -0.39 is 0 Å². The molecule has 0 radical (unpaired) electrons. The summed E-state index contributed by atoms with van der Waals surface area (Å²) in [6.07, 6.45) is 0.875. The summed E-state index contributed by atoms with van der Waals surface area (Å²) in [4.78, 5) is 2.33. The Hall–Kier alpha value is -0.120. The summed E-state index contributed by atoms with van der Waals surface area (Å²) in [5.74, 6) is 0. The number of aliphatic hydroxyl groups excluding tert-OH is 1. The highest BCUT2D eigenvalue weighted by Gasteiger charge is 2.29. The largest absolute Gasteiger partial charge is 0.396 e. The number of nitrogens with one attached hydrogen (secondary N) is 1. The molecule has 0 spiro atoms. The second-order valence-corrected chi connectivity index (χ2v) is 4.35. The highest BCUT2D eigenvalue weighted by molar-refractivity contribution is 4.90. The van der Waals surface area contributed by atoms with Crippen LogP contribution in [0.5, 0.6) is 0 Å². The Balaban J connectivity index is 2.42. The first-order chi connectivity index (χ1) is 5.55. The Kier molecular flexibility index (Phi) is 3.09. The van der Waals surface area contributed by atoms with Crippen LogP contribution in [0, 0.1) is 0 Å². The molecule has 0 aromatic carbocycles. The minimum atomic E-state index is 0.223. The average molecular weight is 172 g/mol. The molecule has 1 rings (SSSR count). The molecule has 0 saturated carbocycles. The third kappa shape index (κ3) is 2.44. The fraction of sp³-hybridized carbons (Fsp3) is 1.00. The summed E-state index contributed by atoms with van der Waals surface area (Å²) in [7, 11) is 2.13. The molecule has 1 heterocycles. The number of likely N-dealkylation sites (N-methyl/N-ethyl adjacent to an activating group) is 1. The molecule has 0 aliphatic carbocycles. The topological polar surface area (TPSA) is 35.5 Å². The van der Waals surface area contributed by atoms with Crippen LogP contribution in [0.2, 0.25) is 0 Å². The van der Waals surface area contributed by atoms with Gasteiger partial charge in [-0.15, -0.1) is 0 Å². The second kappa shape index (κ2) is 3.73. The van der Waals surface area contributed by atoms with Crippen LogP contribution in [0.4, 0.5) is 0 Å². The SMILES string of the molecule is CN1CC(C)(C)NCC1CCO. The van der Waals surface area contributed by atoms with Crippen LogP contribution in [0.25, 0.3) is 0 Å². The van der Waals surface area contributed by atoms with Gasteiger partial charge in [0, 0.05) is 31.3 Å². The summed E-state index contributed by atoms with van der Waals surface area (Å²) in [6, 6.07) is 0.503. The van der Waals surface area contributed by atoms with Gasteiger partial charge in [-0.3, -0.25) is 0 Å². The van der Waals surface area contributed by atoms with Gasteiger partial charge in [0.25, 0.3) is 0 Å². The Labute approximate surface area is 74.8 Å². The van der Waals surface area contributed by atoms with E-state index >= 15 is 0 Å². The van der Waals surface area contributed by atoms with E-state index in [-0.39, 0.29) is 12.1 Å². The summed E-state index contributed by atoms with van der Waals surface area (Å²) in [5, 5.41) is 12.3. The monoisotopic (exact) mass is 172 g/mol. The third-order valence-electron chi connectivity index (χ3n) is 2.55. The van der Waals surface area contributed by atoms with E-state index in [0.717, 1.165) is 19.5 Å². The van der Waals surface area contributed by atoms with Crippen molar-refractivity contribution in [3.8, 4) is 0 Å². The fourth-order valence-corrected chi connectivity index (χ4v) is 1.83. The lowest BCUT2D eigenvalue weighted by atomic mass is 9.98. The molecule has 1 saturated heterocycles. The van der Waals surface area contributed by atoms with Crippen molar-refractivity contribution in [3.05, 3.63) is 0 Å². The van der Waals surface area contributed by atoms with Crippen molar-refractivity contribution in [2.75, 3.05) is 26.7 Å². The minimum Gasteiger partial charge on any atom is -0.396 e. The van der Waals surface area contributed by atoms with Crippen LogP contribution in [0.3, 0.4) is 0 Å². The van der Waals surface area contributed by atoms with Gasteiger partial charge in [0.2, 0.25) is 0 Å². The highest BCUT2D eigenvalue weighted by atomic mass is 16.3. The van der Waals surface area contributed by atoms with Crippen LogP contribution < -0.4 is 5.32 Å². The molecule has 1 atom stereocenters. The van der Waals surface area contributed by atoms with Crippen molar-refractivity contribution in [1.29, 1.82) is 0 Å². The van der Waals surface area contributed by atoms with E-state index in [2.05, 4.69) is 31.1 Å². The van der Waals surface area contributed by atoms with Gasteiger partial charge in [0.05, 0.1) is 0 Å². The van der Waals surface area contributed by atoms with E-state index in [0.29, 0.717) is 6.04 Å². The normalized spacial score (nSPS) is 30.5. The minimum absolute atomic E-state index is 0.223. The van der Waals surface area contributed by atoms with E-state index in [1.165, 1.54) is 0 Å². The van der Waals surface area contributed by atoms with E-state index in [1.807, 2.05) is 0 Å². The Morgan fingerprint density at radius 1 is 1.58 bits per heavy atom. The van der Waals surface area contributed by atoms with Gasteiger partial charge in [0.1, 0.15) is 0 Å². The van der Waals surface area contributed by atoms with Crippen LogP contribution in [0.15, 0.2) is 0 Å². The molecule has 2 N–H and O–H groups in total. The predicted octanol–water partition coefficient (Wildman–Crippen LogP) is 0.0510. The van der Waals surface area contributed by atoms with Crippen LogP contribution in [0.1, 0.15) is 20.3 Å². The Morgan fingerprint density at radius 3 is 2.75 bits per heavy atom. The summed E-state index contributed by atoms with van der Waals surface area (Å²) >= 11 is 0. The lowest BCUT2D eigenvalue weighted by Crippen LogP contribution is -2.60. The molecule has 0 amide bonds. The Bertz CT molecular complexity index is 147. The molecule has 3 heteroatoms. The molecular weight excluding hydrogens is 152 g/mol. The van der Waals surface area contributed by atoms with Gasteiger partial charge in [-0.05, 0) is 27.3 Å². The molecule has 72 valence electrons. The number of rotatable bonds is 2. The molecule has 1 fully saturated rings. The van der Waals surface area contributed by atoms with E-state index in [4.69, 9.17) is 5.11 Å². The first-order valence-corrected chi connectivity index (χ1v) is 4.61. The third-order valence-corrected chi connectivity index (χ3v) is 2.55. The standard InChI is InChI=1S/C9H20N2O/c1-9(2)7-11(3)8(4-5-12)6-10-9/h8,10,12H,4-7H2,1-3H3. The van der Waals surface area contributed by atoms with Crippen molar-refractivity contribution in [2.45, 2.75) is 31.8 Å². The molecular formula is C9H20N2O. The van der Waals surface area contributed by atoms with Crippen LogP contribution in [-0.2, 0) is 0 Å². The van der Waals surface area contributed by atoms with Crippen molar-refractivity contribution in [3.63, 3.8) is 0 Å². The number of aliphatic hydroxyl groups is 1. The molecule has 0 bridgehead atoms. The smallest absolute Gasteiger partial charge is 0.0446 e. The predicted molar refractivity (Wildman–Crippen MR) is 50.2 cm³/mol. The van der Waals surface area contributed by atoms with Gasteiger partial charge < -0.3 is 15.3 Å². The van der Waals surface area contributed by atoms with Crippen LogP contribution >= 0.6 is 0 Å². The average Bonchev–Trinajstić information content (AvgIpc) is 1.94. The second-order valence-electron chi connectivity index (χ2n) is 4.35. The van der Waals surface area contributed by atoms with Crippen molar-refractivity contribution >= 4 is 0 Å². The number of nitrogens with zero attached hydrogens (tertiary/aromatic N) is 1. The zero-order valence-corrected chi connectivity index (χ0v) is 8.30. The van der Waals surface area contributed by atoms with Gasteiger partial charge in [-0.25, -0.2) is 0 Å². The van der Waals surface area contributed by atoms with Gasteiger partial charge in [0.15, 0.2) is 0 Å². The molecule has 1 aliphatic heterocycles. The highest BCUT2D eigenvalue weighted by Crippen LogP contribution is 2.14. The quantitative estimate of drug-likeness (QED) is 0.618. The first kappa shape index (κ1) is 9.96. The lowest BCUT2D eigenvalue weighted by Gasteiger charge is -2.42. The number of hydrogen-bond acceptors (Lipinski definition) is 3. The first-order valence-electron chi connectivity index (χ1n) is 4.61. The van der Waals surface area contributed by atoms with E-state index in [9.17, 15) is 0 Å². The zero-order chi connectivity index (χ0) is 9.19. The van der Waals surface area contributed by atoms with Crippen molar-refractivity contribution < 1.29 is 5.11 Å². The van der Waals surface area contributed by atoms with Crippen LogP contribution in [-0.4, -0.2) is 48.3 Å². The maximum absolute atomic E-state index is 8.81. The summed E-state index contributed by atoms with van der Waals surface area (Å²) in [6.45, 7) is 6.75. The lowest BCUT2D eigenvalue weighted by molar-refractivity contribution is 0.102. The van der Waals surface area contributed by atoms with Crippen molar-refractivity contribution in [2.24, 2.45) is 0 Å². The summed E-state index contributed by atoms with van der Waals surface area (Å²) in [5.41, 5.74) is 0.223. The van der Waals surface area contributed by atoms with Gasteiger partial charge in [-0.1, -0.05) is 0 Å². The fourth-order valence-electron chi connectivity index (χ4n) is 1.83. The molecule has 1 aliphatic rings. The molecule has 3 nitrogen and oxygen atoms in total. The number of hydrogen-bond donors (Lipinski definition) is 2. The molecule has 0 aromatic heterocycles. The van der Waals surface area contributed by atoms with Gasteiger partial charge in [-0.2, -0.15) is 0 Å². The molecule has 0 aromatic rings. The zero-order valence-electron chi connectivity index (χ0n) is 8.30.